The fraction of sp³-hybridized carbons (Fsp3) is 0.692. The van der Waals surface area contributed by atoms with Crippen molar-refractivity contribution in [1.29, 1.82) is 0 Å². The highest BCUT2D eigenvalue weighted by atomic mass is 16.5. The van der Waals surface area contributed by atoms with Crippen LogP contribution in [0.1, 0.15) is 18.5 Å². The fourth-order valence-corrected chi connectivity index (χ4v) is 1.59. The van der Waals surface area contributed by atoms with E-state index in [0.717, 1.165) is 50.7 Å². The van der Waals surface area contributed by atoms with E-state index in [1.807, 2.05) is 13.0 Å². The van der Waals surface area contributed by atoms with Crippen LogP contribution >= 0.6 is 0 Å². The van der Waals surface area contributed by atoms with Crippen molar-refractivity contribution in [3.05, 3.63) is 11.8 Å². The van der Waals surface area contributed by atoms with E-state index >= 15 is 0 Å². The fourth-order valence-electron chi connectivity index (χ4n) is 1.59. The van der Waals surface area contributed by atoms with Crippen molar-refractivity contribution >= 4 is 11.8 Å². The number of nitrogens with zero attached hydrogens (tertiary/aromatic N) is 2. The van der Waals surface area contributed by atoms with E-state index in [0.29, 0.717) is 5.95 Å². The Kier molecular flexibility index (Phi) is 7.84. The third kappa shape index (κ3) is 6.93. The Balaban J connectivity index is 2.41. The lowest BCUT2D eigenvalue weighted by molar-refractivity contribution is 0.197. The summed E-state index contributed by atoms with van der Waals surface area (Å²) in [7, 11) is 3.40. The van der Waals surface area contributed by atoms with E-state index in [4.69, 9.17) is 9.47 Å². The highest BCUT2D eigenvalue weighted by Gasteiger charge is 2.01. The van der Waals surface area contributed by atoms with Crippen molar-refractivity contribution in [1.82, 2.24) is 9.97 Å². The summed E-state index contributed by atoms with van der Waals surface area (Å²) in [5.74, 6) is 1.50. The molecule has 0 saturated carbocycles. The lowest BCUT2D eigenvalue weighted by Crippen LogP contribution is -2.11. The molecule has 1 rings (SSSR count). The van der Waals surface area contributed by atoms with E-state index in [9.17, 15) is 0 Å². The predicted octanol–water partition coefficient (Wildman–Crippen LogP) is 1.68. The molecule has 0 aliphatic heterocycles. The van der Waals surface area contributed by atoms with E-state index in [1.54, 1.807) is 14.2 Å². The maximum Gasteiger partial charge on any atom is 0.224 e. The van der Waals surface area contributed by atoms with Crippen LogP contribution in [0.3, 0.4) is 0 Å². The van der Waals surface area contributed by atoms with Gasteiger partial charge in [-0.3, -0.25) is 0 Å². The molecule has 19 heavy (non-hydrogen) atoms. The molecule has 0 spiro atoms. The third-order valence-electron chi connectivity index (χ3n) is 2.49. The minimum absolute atomic E-state index is 0.658. The molecule has 0 saturated heterocycles. The molecule has 0 aliphatic carbocycles. The van der Waals surface area contributed by atoms with Crippen molar-refractivity contribution in [3.8, 4) is 0 Å². The molecule has 0 atom stereocenters. The number of aromatic nitrogens is 2. The zero-order chi connectivity index (χ0) is 13.9. The highest BCUT2D eigenvalue weighted by molar-refractivity contribution is 5.42. The Hall–Kier alpha value is -1.40. The zero-order valence-electron chi connectivity index (χ0n) is 12.0. The van der Waals surface area contributed by atoms with Crippen LogP contribution in [0.25, 0.3) is 0 Å². The van der Waals surface area contributed by atoms with Crippen LogP contribution in [0.5, 0.6) is 0 Å². The third-order valence-corrected chi connectivity index (χ3v) is 2.49. The van der Waals surface area contributed by atoms with E-state index < -0.39 is 0 Å². The van der Waals surface area contributed by atoms with Gasteiger partial charge in [-0.1, -0.05) is 0 Å². The summed E-state index contributed by atoms with van der Waals surface area (Å²) in [6.07, 6.45) is 1.89. The monoisotopic (exact) mass is 268 g/mol. The minimum atomic E-state index is 0.658. The Bertz CT molecular complexity index is 330. The van der Waals surface area contributed by atoms with Gasteiger partial charge < -0.3 is 20.1 Å². The molecule has 0 radical (unpaired) electrons. The van der Waals surface area contributed by atoms with Gasteiger partial charge in [0.1, 0.15) is 5.82 Å². The van der Waals surface area contributed by atoms with E-state index in [-0.39, 0.29) is 0 Å². The first-order valence-corrected chi connectivity index (χ1v) is 6.57. The van der Waals surface area contributed by atoms with Crippen LogP contribution in [-0.4, -0.2) is 50.5 Å². The maximum absolute atomic E-state index is 5.01. The van der Waals surface area contributed by atoms with E-state index in [1.165, 1.54) is 0 Å². The summed E-state index contributed by atoms with van der Waals surface area (Å²) in [4.78, 5) is 8.76. The molecule has 0 aliphatic rings. The van der Waals surface area contributed by atoms with Gasteiger partial charge in [-0.25, -0.2) is 4.98 Å². The maximum atomic E-state index is 5.01. The number of hydrogen-bond donors (Lipinski definition) is 2. The summed E-state index contributed by atoms with van der Waals surface area (Å²) < 4.78 is 10.0. The van der Waals surface area contributed by atoms with Gasteiger partial charge in [-0.2, -0.15) is 4.98 Å². The molecular weight excluding hydrogens is 244 g/mol. The van der Waals surface area contributed by atoms with Gasteiger partial charge in [0.2, 0.25) is 5.95 Å². The van der Waals surface area contributed by atoms with Gasteiger partial charge in [0.25, 0.3) is 0 Å². The quantitative estimate of drug-likeness (QED) is 0.629. The average Bonchev–Trinajstić information content (AvgIpc) is 2.39. The van der Waals surface area contributed by atoms with Crippen LogP contribution in [-0.2, 0) is 9.47 Å². The Morgan fingerprint density at radius 2 is 1.63 bits per heavy atom. The number of anilines is 2. The first-order chi connectivity index (χ1) is 9.26. The van der Waals surface area contributed by atoms with Gasteiger partial charge in [0.15, 0.2) is 0 Å². The van der Waals surface area contributed by atoms with Crippen molar-refractivity contribution < 1.29 is 9.47 Å². The van der Waals surface area contributed by atoms with Crippen LogP contribution in [0.4, 0.5) is 11.8 Å². The zero-order valence-corrected chi connectivity index (χ0v) is 12.0. The molecule has 1 heterocycles. The van der Waals surface area contributed by atoms with Crippen LogP contribution in [0.15, 0.2) is 6.07 Å². The van der Waals surface area contributed by atoms with Crippen LogP contribution in [0, 0.1) is 6.92 Å². The van der Waals surface area contributed by atoms with Crippen molar-refractivity contribution in [3.63, 3.8) is 0 Å². The second kappa shape index (κ2) is 9.52. The molecule has 0 fully saturated rings. The lowest BCUT2D eigenvalue weighted by atomic mass is 10.4. The molecule has 0 unspecified atom stereocenters. The Morgan fingerprint density at radius 1 is 1.00 bits per heavy atom. The largest absolute Gasteiger partial charge is 0.385 e. The molecule has 1 aromatic rings. The van der Waals surface area contributed by atoms with Crippen molar-refractivity contribution in [2.75, 3.05) is 51.2 Å². The highest BCUT2D eigenvalue weighted by Crippen LogP contribution is 2.09. The minimum Gasteiger partial charge on any atom is -0.385 e. The summed E-state index contributed by atoms with van der Waals surface area (Å²) >= 11 is 0. The van der Waals surface area contributed by atoms with Gasteiger partial charge >= 0.3 is 0 Å². The number of aryl methyl sites for hydroxylation is 1. The van der Waals surface area contributed by atoms with Crippen LogP contribution < -0.4 is 10.6 Å². The SMILES string of the molecule is COCCCNc1cc(C)nc(NCCCOC)n1. The van der Waals surface area contributed by atoms with Crippen molar-refractivity contribution in [2.45, 2.75) is 19.8 Å². The molecule has 108 valence electrons. The Morgan fingerprint density at radius 3 is 2.26 bits per heavy atom. The number of rotatable bonds is 10. The van der Waals surface area contributed by atoms with Crippen LogP contribution in [0.2, 0.25) is 0 Å². The predicted molar refractivity (Wildman–Crippen MR) is 76.7 cm³/mol. The molecule has 2 N–H and O–H groups in total. The second-order valence-corrected chi connectivity index (χ2v) is 4.26. The standard InChI is InChI=1S/C13H24N4O2/c1-11-10-12(14-6-4-8-18-2)17-13(16-11)15-7-5-9-19-3/h10H,4-9H2,1-3H3,(H2,14,15,16,17). The lowest BCUT2D eigenvalue weighted by Gasteiger charge is -2.09. The average molecular weight is 268 g/mol. The van der Waals surface area contributed by atoms with Gasteiger partial charge in [-0.05, 0) is 19.8 Å². The summed E-state index contributed by atoms with van der Waals surface area (Å²) in [5, 5.41) is 6.46. The smallest absolute Gasteiger partial charge is 0.224 e. The molecule has 6 heteroatoms. The first-order valence-electron chi connectivity index (χ1n) is 6.57. The Labute approximate surface area is 114 Å². The summed E-state index contributed by atoms with van der Waals surface area (Å²) in [6.45, 7) is 5.09. The molecule has 0 amide bonds. The second-order valence-electron chi connectivity index (χ2n) is 4.26. The van der Waals surface area contributed by atoms with Crippen molar-refractivity contribution in [2.24, 2.45) is 0 Å². The topological polar surface area (TPSA) is 68.3 Å². The van der Waals surface area contributed by atoms with Gasteiger partial charge in [0, 0.05) is 52.3 Å². The molecule has 1 aromatic heterocycles. The van der Waals surface area contributed by atoms with Gasteiger partial charge in [0.05, 0.1) is 0 Å². The number of nitrogens with one attached hydrogen (secondary N) is 2. The van der Waals surface area contributed by atoms with E-state index in [2.05, 4.69) is 20.6 Å². The van der Waals surface area contributed by atoms with Gasteiger partial charge in [-0.15, -0.1) is 0 Å². The first kappa shape index (κ1) is 15.7. The normalized spacial score (nSPS) is 10.5. The number of hydrogen-bond acceptors (Lipinski definition) is 6. The summed E-state index contributed by atoms with van der Waals surface area (Å²) in [5.41, 5.74) is 0.943. The molecule has 0 bridgehead atoms. The molecule has 6 nitrogen and oxygen atoms in total. The number of methoxy groups -OCH3 is 2. The number of ether oxygens (including phenoxy) is 2. The summed E-state index contributed by atoms with van der Waals surface area (Å²) in [6, 6.07) is 1.94. The molecular formula is C13H24N4O2. The molecule has 0 aromatic carbocycles.